The lowest BCUT2D eigenvalue weighted by atomic mass is 10.2. The lowest BCUT2D eigenvalue weighted by molar-refractivity contribution is -0.149. The van der Waals surface area contributed by atoms with Gasteiger partial charge in [-0.15, -0.1) is 0 Å². The molecule has 0 spiro atoms. The summed E-state index contributed by atoms with van der Waals surface area (Å²) < 4.78 is 10.7. The molecule has 0 heterocycles. The Morgan fingerprint density at radius 1 is 1.40 bits per heavy atom. The van der Waals surface area contributed by atoms with Crippen molar-refractivity contribution in [2.45, 2.75) is 46.0 Å². The van der Waals surface area contributed by atoms with Crippen molar-refractivity contribution in [2.24, 2.45) is 0 Å². The molecule has 0 aliphatic carbocycles. The van der Waals surface area contributed by atoms with Crippen molar-refractivity contribution in [1.29, 1.82) is 0 Å². The zero-order valence-electron chi connectivity index (χ0n) is 7.60. The molecule has 1 atom stereocenters. The van der Waals surface area contributed by atoms with Crippen LogP contribution >= 0.6 is 0 Å². The maximum absolute atomic E-state index is 5.55. The molecule has 1 unspecified atom stereocenters. The van der Waals surface area contributed by atoms with Gasteiger partial charge in [-0.25, -0.2) is 0 Å². The molecule has 62 valence electrons. The summed E-state index contributed by atoms with van der Waals surface area (Å²) in [4.78, 5) is 0. The molecule has 0 rings (SSSR count). The molecule has 0 aromatic carbocycles. The summed E-state index contributed by atoms with van der Waals surface area (Å²) in [5.41, 5.74) is -0.0783. The van der Waals surface area contributed by atoms with E-state index in [-0.39, 0.29) is 11.9 Å². The third-order valence-corrected chi connectivity index (χ3v) is 1.61. The van der Waals surface area contributed by atoms with Crippen LogP contribution in [0.25, 0.3) is 0 Å². The van der Waals surface area contributed by atoms with Crippen LogP contribution in [0.5, 0.6) is 0 Å². The minimum atomic E-state index is -0.0783. The van der Waals surface area contributed by atoms with Gasteiger partial charge in [-0.3, -0.25) is 0 Å². The standard InChI is InChI=1S/C7H18O2Si/c1-5-6(9-10)8-7(2,3)4/h6H,5H2,1-4,10H3. The Kier molecular flexibility index (Phi) is 4.16. The van der Waals surface area contributed by atoms with Crippen LogP contribution in [0.3, 0.4) is 0 Å². The van der Waals surface area contributed by atoms with E-state index in [2.05, 4.69) is 6.92 Å². The fourth-order valence-electron chi connectivity index (χ4n) is 0.692. The quantitative estimate of drug-likeness (QED) is 0.452. The van der Waals surface area contributed by atoms with Crippen LogP contribution in [0.2, 0.25) is 0 Å². The topological polar surface area (TPSA) is 18.5 Å². The van der Waals surface area contributed by atoms with Crippen molar-refractivity contribution >= 4 is 10.5 Å². The van der Waals surface area contributed by atoms with Crippen molar-refractivity contribution in [2.75, 3.05) is 0 Å². The molecule has 10 heavy (non-hydrogen) atoms. The molecule has 0 saturated carbocycles. The van der Waals surface area contributed by atoms with Crippen LogP contribution in [0, 0.1) is 0 Å². The van der Waals surface area contributed by atoms with E-state index in [1.165, 1.54) is 0 Å². The summed E-state index contributed by atoms with van der Waals surface area (Å²) in [7, 11) is 0.750. The van der Waals surface area contributed by atoms with Gasteiger partial charge in [0, 0.05) is 0 Å². The Balaban J connectivity index is 3.63. The smallest absolute Gasteiger partial charge is 0.149 e. The Morgan fingerprint density at radius 3 is 2.00 bits per heavy atom. The third-order valence-electron chi connectivity index (χ3n) is 1.08. The monoisotopic (exact) mass is 162 g/mol. The van der Waals surface area contributed by atoms with Gasteiger partial charge in [0.05, 0.1) is 5.60 Å². The first kappa shape index (κ1) is 10.1. The molecule has 0 amide bonds. The van der Waals surface area contributed by atoms with Crippen molar-refractivity contribution in [1.82, 2.24) is 0 Å². The van der Waals surface area contributed by atoms with Gasteiger partial charge in [-0.1, -0.05) is 6.92 Å². The summed E-state index contributed by atoms with van der Waals surface area (Å²) in [5.74, 6) is 0. The second-order valence-corrected chi connectivity index (χ2v) is 3.78. The molecule has 3 heteroatoms. The highest BCUT2D eigenvalue weighted by Gasteiger charge is 2.15. The van der Waals surface area contributed by atoms with Crippen LogP contribution < -0.4 is 0 Å². The summed E-state index contributed by atoms with van der Waals surface area (Å²) in [6.45, 7) is 8.18. The Labute approximate surface area is 66.5 Å². The molecule has 0 fully saturated rings. The van der Waals surface area contributed by atoms with Gasteiger partial charge >= 0.3 is 0 Å². The highest BCUT2D eigenvalue weighted by Crippen LogP contribution is 2.12. The first-order valence-electron chi connectivity index (χ1n) is 3.70. The summed E-state index contributed by atoms with van der Waals surface area (Å²) in [6.07, 6.45) is 0.937. The van der Waals surface area contributed by atoms with Gasteiger partial charge < -0.3 is 9.16 Å². The van der Waals surface area contributed by atoms with Gasteiger partial charge in [0.2, 0.25) is 0 Å². The molecular formula is C7H18O2Si. The molecule has 0 bridgehead atoms. The highest BCUT2D eigenvalue weighted by atomic mass is 28.2. The molecule has 0 aromatic heterocycles. The van der Waals surface area contributed by atoms with Gasteiger partial charge in [0.25, 0.3) is 0 Å². The molecular weight excluding hydrogens is 144 g/mol. The first-order valence-corrected chi connectivity index (χ1v) is 4.52. The van der Waals surface area contributed by atoms with E-state index < -0.39 is 0 Å². The maximum Gasteiger partial charge on any atom is 0.149 e. The van der Waals surface area contributed by atoms with Gasteiger partial charge in [-0.2, -0.15) is 0 Å². The number of ether oxygens (including phenoxy) is 1. The summed E-state index contributed by atoms with van der Waals surface area (Å²) in [6, 6.07) is 0. The largest absolute Gasteiger partial charge is 0.404 e. The lowest BCUT2D eigenvalue weighted by Crippen LogP contribution is -2.28. The van der Waals surface area contributed by atoms with Gasteiger partial charge in [0.15, 0.2) is 0 Å². The van der Waals surface area contributed by atoms with E-state index in [9.17, 15) is 0 Å². The van der Waals surface area contributed by atoms with E-state index >= 15 is 0 Å². The maximum atomic E-state index is 5.55. The van der Waals surface area contributed by atoms with Crippen LogP contribution in [-0.4, -0.2) is 22.4 Å². The Hall–Kier alpha value is 0.137. The SMILES string of the molecule is CCC(O[SiH3])OC(C)(C)C. The average Bonchev–Trinajstić information content (AvgIpc) is 1.81. The van der Waals surface area contributed by atoms with Crippen molar-refractivity contribution in [3.8, 4) is 0 Å². The van der Waals surface area contributed by atoms with Gasteiger partial charge in [-0.05, 0) is 27.2 Å². The van der Waals surface area contributed by atoms with E-state index in [0.29, 0.717) is 0 Å². The van der Waals surface area contributed by atoms with E-state index in [1.54, 1.807) is 0 Å². The van der Waals surface area contributed by atoms with Crippen molar-refractivity contribution in [3.05, 3.63) is 0 Å². The Bertz CT molecular complexity index is 84.1. The number of rotatable bonds is 3. The fourth-order valence-corrected chi connectivity index (χ4v) is 1.12. The molecule has 2 nitrogen and oxygen atoms in total. The second-order valence-electron chi connectivity index (χ2n) is 3.30. The molecule has 0 radical (unpaired) electrons. The molecule has 0 aromatic rings. The third kappa shape index (κ3) is 4.96. The zero-order valence-corrected chi connectivity index (χ0v) is 9.60. The fraction of sp³-hybridized carbons (Fsp3) is 1.00. The van der Waals surface area contributed by atoms with Crippen molar-refractivity contribution < 1.29 is 9.16 Å². The van der Waals surface area contributed by atoms with Crippen LogP contribution in [0.15, 0.2) is 0 Å². The van der Waals surface area contributed by atoms with Crippen molar-refractivity contribution in [3.63, 3.8) is 0 Å². The first-order chi connectivity index (χ1) is 4.49. The second kappa shape index (κ2) is 4.11. The minimum Gasteiger partial charge on any atom is -0.404 e. The molecule has 0 aliphatic rings. The van der Waals surface area contributed by atoms with E-state index in [0.717, 1.165) is 16.9 Å². The normalized spacial score (nSPS) is 15.6. The molecule has 0 N–H and O–H groups in total. The zero-order chi connectivity index (χ0) is 8.20. The van der Waals surface area contributed by atoms with Crippen LogP contribution in [0.4, 0.5) is 0 Å². The summed E-state index contributed by atoms with van der Waals surface area (Å²) >= 11 is 0. The average molecular weight is 162 g/mol. The van der Waals surface area contributed by atoms with E-state index in [1.807, 2.05) is 20.8 Å². The number of hydrogen-bond donors (Lipinski definition) is 0. The van der Waals surface area contributed by atoms with Crippen LogP contribution in [-0.2, 0) is 9.16 Å². The lowest BCUT2D eigenvalue weighted by Gasteiger charge is -2.25. The number of hydrogen-bond acceptors (Lipinski definition) is 2. The highest BCUT2D eigenvalue weighted by molar-refractivity contribution is 5.98. The van der Waals surface area contributed by atoms with Gasteiger partial charge in [0.1, 0.15) is 16.8 Å². The predicted octanol–water partition coefficient (Wildman–Crippen LogP) is 0.835. The van der Waals surface area contributed by atoms with Crippen LogP contribution in [0.1, 0.15) is 34.1 Å². The summed E-state index contributed by atoms with van der Waals surface area (Å²) in [5, 5.41) is 0. The molecule has 0 aliphatic heterocycles. The predicted molar refractivity (Wildman–Crippen MR) is 45.9 cm³/mol. The Morgan fingerprint density at radius 2 is 1.90 bits per heavy atom. The van der Waals surface area contributed by atoms with E-state index in [4.69, 9.17) is 9.16 Å². The minimum absolute atomic E-state index is 0.00617. The molecule has 0 saturated heterocycles.